The van der Waals surface area contributed by atoms with Gasteiger partial charge in [-0.05, 0) is 18.4 Å². The molecule has 0 aliphatic carbocycles. The fourth-order valence-corrected chi connectivity index (χ4v) is 1.60. The second kappa shape index (κ2) is 2.89. The molecule has 0 radical (unpaired) electrons. The Bertz CT molecular complexity index is 110. The standard InChI is InChI=1S/C8H18N2/c1-8(2)3-5-10(7-8)6-4-9/h3-7,9H2,1-2H3. The van der Waals surface area contributed by atoms with Crippen molar-refractivity contribution in [1.82, 2.24) is 4.90 Å². The quantitative estimate of drug-likeness (QED) is 0.614. The minimum absolute atomic E-state index is 0.537. The van der Waals surface area contributed by atoms with Crippen molar-refractivity contribution in [1.29, 1.82) is 0 Å². The molecular weight excluding hydrogens is 124 g/mol. The van der Waals surface area contributed by atoms with E-state index in [2.05, 4.69) is 18.7 Å². The summed E-state index contributed by atoms with van der Waals surface area (Å²) >= 11 is 0. The average Bonchev–Trinajstić information content (AvgIpc) is 2.12. The molecule has 2 nitrogen and oxygen atoms in total. The Balaban J connectivity index is 2.29. The third-order valence-corrected chi connectivity index (χ3v) is 2.20. The van der Waals surface area contributed by atoms with E-state index >= 15 is 0 Å². The summed E-state index contributed by atoms with van der Waals surface area (Å²) < 4.78 is 0. The van der Waals surface area contributed by atoms with Gasteiger partial charge < -0.3 is 10.6 Å². The van der Waals surface area contributed by atoms with Crippen molar-refractivity contribution in [2.24, 2.45) is 11.1 Å². The summed E-state index contributed by atoms with van der Waals surface area (Å²) in [4.78, 5) is 2.44. The summed E-state index contributed by atoms with van der Waals surface area (Å²) in [5, 5.41) is 0. The Labute approximate surface area is 63.4 Å². The van der Waals surface area contributed by atoms with Gasteiger partial charge in [-0.3, -0.25) is 0 Å². The van der Waals surface area contributed by atoms with E-state index in [0.717, 1.165) is 13.1 Å². The molecule has 60 valence electrons. The Morgan fingerprint density at radius 2 is 2.20 bits per heavy atom. The van der Waals surface area contributed by atoms with Crippen molar-refractivity contribution in [2.45, 2.75) is 20.3 Å². The van der Waals surface area contributed by atoms with Crippen LogP contribution in [0.5, 0.6) is 0 Å². The van der Waals surface area contributed by atoms with Crippen LogP contribution >= 0.6 is 0 Å². The van der Waals surface area contributed by atoms with Crippen LogP contribution in [0.4, 0.5) is 0 Å². The van der Waals surface area contributed by atoms with Gasteiger partial charge in [0.15, 0.2) is 0 Å². The van der Waals surface area contributed by atoms with Crippen LogP contribution in [0.15, 0.2) is 0 Å². The van der Waals surface area contributed by atoms with Gasteiger partial charge in [0, 0.05) is 19.6 Å². The first-order valence-electron chi connectivity index (χ1n) is 4.06. The summed E-state index contributed by atoms with van der Waals surface area (Å²) in [6.07, 6.45) is 1.33. The number of rotatable bonds is 2. The molecule has 0 atom stereocenters. The average molecular weight is 142 g/mol. The SMILES string of the molecule is CC1(C)CCN(CCN)C1. The molecule has 10 heavy (non-hydrogen) atoms. The normalized spacial score (nSPS) is 25.5. The molecule has 1 aliphatic rings. The number of hydrogen-bond acceptors (Lipinski definition) is 2. The van der Waals surface area contributed by atoms with Crippen LogP contribution in [0.2, 0.25) is 0 Å². The molecule has 0 saturated carbocycles. The predicted octanol–water partition coefficient (Wildman–Crippen LogP) is 0.677. The number of likely N-dealkylation sites (tertiary alicyclic amines) is 1. The second-order valence-corrected chi connectivity index (χ2v) is 3.98. The molecule has 0 aromatic heterocycles. The van der Waals surface area contributed by atoms with Gasteiger partial charge >= 0.3 is 0 Å². The largest absolute Gasteiger partial charge is 0.329 e. The van der Waals surface area contributed by atoms with Crippen LogP contribution in [-0.2, 0) is 0 Å². The van der Waals surface area contributed by atoms with Gasteiger partial charge in [0.05, 0.1) is 0 Å². The van der Waals surface area contributed by atoms with E-state index in [1.54, 1.807) is 0 Å². The van der Waals surface area contributed by atoms with Crippen LogP contribution < -0.4 is 5.73 Å². The van der Waals surface area contributed by atoms with E-state index in [1.165, 1.54) is 19.5 Å². The van der Waals surface area contributed by atoms with Gasteiger partial charge in [-0.2, -0.15) is 0 Å². The first kappa shape index (κ1) is 8.02. The van der Waals surface area contributed by atoms with Gasteiger partial charge in [-0.15, -0.1) is 0 Å². The highest BCUT2D eigenvalue weighted by Gasteiger charge is 2.27. The monoisotopic (exact) mass is 142 g/mol. The molecule has 0 unspecified atom stereocenters. The van der Waals surface area contributed by atoms with Crippen LogP contribution in [-0.4, -0.2) is 31.1 Å². The molecule has 0 bridgehead atoms. The molecule has 0 aromatic rings. The van der Waals surface area contributed by atoms with Crippen molar-refractivity contribution in [2.75, 3.05) is 26.2 Å². The zero-order valence-electron chi connectivity index (χ0n) is 7.06. The summed E-state index contributed by atoms with van der Waals surface area (Å²) in [7, 11) is 0. The molecule has 1 rings (SSSR count). The first-order valence-corrected chi connectivity index (χ1v) is 4.06. The maximum Gasteiger partial charge on any atom is 0.0105 e. The van der Waals surface area contributed by atoms with Gasteiger partial charge in [0.1, 0.15) is 0 Å². The highest BCUT2D eigenvalue weighted by Crippen LogP contribution is 2.27. The van der Waals surface area contributed by atoms with Crippen molar-refractivity contribution in [3.05, 3.63) is 0 Å². The lowest BCUT2D eigenvalue weighted by molar-refractivity contribution is 0.297. The van der Waals surface area contributed by atoms with Crippen molar-refractivity contribution >= 4 is 0 Å². The fraction of sp³-hybridized carbons (Fsp3) is 1.00. The van der Waals surface area contributed by atoms with Crippen molar-refractivity contribution in [3.8, 4) is 0 Å². The Kier molecular flexibility index (Phi) is 2.32. The van der Waals surface area contributed by atoms with Gasteiger partial charge in [-0.25, -0.2) is 0 Å². The van der Waals surface area contributed by atoms with Crippen molar-refractivity contribution in [3.63, 3.8) is 0 Å². The van der Waals surface area contributed by atoms with E-state index in [9.17, 15) is 0 Å². The Morgan fingerprint density at radius 3 is 2.60 bits per heavy atom. The van der Waals surface area contributed by atoms with E-state index in [0.29, 0.717) is 5.41 Å². The first-order chi connectivity index (χ1) is 4.64. The van der Waals surface area contributed by atoms with E-state index in [1.807, 2.05) is 0 Å². The maximum absolute atomic E-state index is 5.46. The topological polar surface area (TPSA) is 29.3 Å². The zero-order chi connectivity index (χ0) is 7.61. The maximum atomic E-state index is 5.46. The summed E-state index contributed by atoms with van der Waals surface area (Å²) in [6, 6.07) is 0. The summed E-state index contributed by atoms with van der Waals surface area (Å²) in [6.45, 7) is 8.99. The Hall–Kier alpha value is -0.0800. The van der Waals surface area contributed by atoms with E-state index < -0.39 is 0 Å². The van der Waals surface area contributed by atoms with Crippen molar-refractivity contribution < 1.29 is 0 Å². The van der Waals surface area contributed by atoms with Gasteiger partial charge in [0.25, 0.3) is 0 Å². The highest BCUT2D eigenvalue weighted by molar-refractivity contribution is 4.82. The minimum Gasteiger partial charge on any atom is -0.329 e. The van der Waals surface area contributed by atoms with Gasteiger partial charge in [0.2, 0.25) is 0 Å². The second-order valence-electron chi connectivity index (χ2n) is 3.98. The van der Waals surface area contributed by atoms with Crippen LogP contribution in [0.3, 0.4) is 0 Å². The molecule has 0 spiro atoms. The minimum atomic E-state index is 0.537. The van der Waals surface area contributed by atoms with E-state index in [4.69, 9.17) is 5.73 Å². The van der Waals surface area contributed by atoms with E-state index in [-0.39, 0.29) is 0 Å². The molecular formula is C8H18N2. The van der Waals surface area contributed by atoms with Crippen LogP contribution in [0.1, 0.15) is 20.3 Å². The molecule has 1 aliphatic heterocycles. The van der Waals surface area contributed by atoms with Gasteiger partial charge in [-0.1, -0.05) is 13.8 Å². The molecule has 0 amide bonds. The smallest absolute Gasteiger partial charge is 0.0105 e. The molecule has 1 heterocycles. The summed E-state index contributed by atoms with van der Waals surface area (Å²) in [5.74, 6) is 0. The molecule has 1 saturated heterocycles. The number of nitrogens with two attached hydrogens (primary N) is 1. The lowest BCUT2D eigenvalue weighted by atomic mass is 9.93. The lowest BCUT2D eigenvalue weighted by Crippen LogP contribution is -2.28. The number of nitrogens with zero attached hydrogens (tertiary/aromatic N) is 1. The summed E-state index contributed by atoms with van der Waals surface area (Å²) in [5.41, 5.74) is 5.99. The lowest BCUT2D eigenvalue weighted by Gasteiger charge is -2.18. The molecule has 0 aromatic carbocycles. The fourth-order valence-electron chi connectivity index (χ4n) is 1.60. The zero-order valence-corrected chi connectivity index (χ0v) is 7.06. The van der Waals surface area contributed by atoms with Crippen LogP contribution in [0.25, 0.3) is 0 Å². The molecule has 2 N–H and O–H groups in total. The Morgan fingerprint density at radius 1 is 1.50 bits per heavy atom. The molecule has 2 heteroatoms. The predicted molar refractivity (Wildman–Crippen MR) is 43.9 cm³/mol. The third kappa shape index (κ3) is 1.96. The third-order valence-electron chi connectivity index (χ3n) is 2.20. The number of hydrogen-bond donors (Lipinski definition) is 1. The molecule has 1 fully saturated rings. The highest BCUT2D eigenvalue weighted by atomic mass is 15.2. The van der Waals surface area contributed by atoms with Crippen LogP contribution in [0, 0.1) is 5.41 Å².